The van der Waals surface area contributed by atoms with Crippen molar-refractivity contribution in [2.75, 3.05) is 13.2 Å². The van der Waals surface area contributed by atoms with Crippen LogP contribution in [0.3, 0.4) is 0 Å². The molecule has 1 heterocycles. The molecule has 4 heteroatoms. The lowest BCUT2D eigenvalue weighted by Gasteiger charge is -2.25. The van der Waals surface area contributed by atoms with Crippen LogP contribution in [0.4, 0.5) is 0 Å². The second kappa shape index (κ2) is 5.59. The molecule has 0 saturated carbocycles. The van der Waals surface area contributed by atoms with Gasteiger partial charge in [-0.05, 0) is 36.7 Å². The van der Waals surface area contributed by atoms with E-state index < -0.39 is 0 Å². The van der Waals surface area contributed by atoms with Crippen LogP contribution in [0.25, 0.3) is 0 Å². The molecule has 0 amide bonds. The van der Waals surface area contributed by atoms with Gasteiger partial charge in [0, 0.05) is 11.1 Å². The van der Waals surface area contributed by atoms with Crippen LogP contribution in [0, 0.1) is 0 Å². The number of hydrogen-bond donors (Lipinski definition) is 1. The molecule has 1 aliphatic heterocycles. The maximum Gasteiger partial charge on any atom is 0.122 e. The molecular formula is C11H15Cl2NO. The minimum atomic E-state index is 0. The second-order valence-electron chi connectivity index (χ2n) is 3.52. The van der Waals surface area contributed by atoms with Crippen LogP contribution >= 0.6 is 24.0 Å². The fraction of sp³-hybridized carbons (Fsp3) is 0.455. The van der Waals surface area contributed by atoms with Gasteiger partial charge >= 0.3 is 0 Å². The summed E-state index contributed by atoms with van der Waals surface area (Å²) in [7, 11) is 0. The summed E-state index contributed by atoms with van der Waals surface area (Å²) in [4.78, 5) is 0. The van der Waals surface area contributed by atoms with Crippen LogP contribution < -0.4 is 10.1 Å². The van der Waals surface area contributed by atoms with Gasteiger partial charge in [0.1, 0.15) is 12.4 Å². The van der Waals surface area contributed by atoms with Crippen molar-refractivity contribution in [1.82, 2.24) is 5.32 Å². The van der Waals surface area contributed by atoms with Gasteiger partial charge < -0.3 is 10.1 Å². The predicted octanol–water partition coefficient (Wildman–Crippen LogP) is 2.67. The molecule has 0 radical (unpaired) electrons. The number of ether oxygens (including phenoxy) is 1. The number of hydrogen-bond acceptors (Lipinski definition) is 2. The lowest BCUT2D eigenvalue weighted by atomic mass is 10.0. The fourth-order valence-corrected chi connectivity index (χ4v) is 1.98. The molecule has 0 spiro atoms. The summed E-state index contributed by atoms with van der Waals surface area (Å²) < 4.78 is 5.62. The molecule has 2 nitrogen and oxygen atoms in total. The zero-order valence-corrected chi connectivity index (χ0v) is 10.2. The van der Waals surface area contributed by atoms with E-state index in [1.807, 2.05) is 18.2 Å². The van der Waals surface area contributed by atoms with E-state index in [9.17, 15) is 0 Å². The topological polar surface area (TPSA) is 21.3 Å². The lowest BCUT2D eigenvalue weighted by Crippen LogP contribution is -2.39. The highest BCUT2D eigenvalue weighted by Gasteiger charge is 2.18. The minimum absolute atomic E-state index is 0. The summed E-state index contributed by atoms with van der Waals surface area (Å²) in [6.07, 6.45) is 1.00. The second-order valence-corrected chi connectivity index (χ2v) is 3.96. The Morgan fingerprint density at radius 2 is 2.33 bits per heavy atom. The van der Waals surface area contributed by atoms with Gasteiger partial charge in [-0.1, -0.05) is 18.5 Å². The normalized spacial score (nSPS) is 18.7. The van der Waals surface area contributed by atoms with Gasteiger partial charge in [-0.25, -0.2) is 0 Å². The first-order valence-electron chi connectivity index (χ1n) is 4.94. The Balaban J connectivity index is 0.00000112. The molecule has 1 aliphatic rings. The molecule has 1 unspecified atom stereocenters. The molecule has 84 valence electrons. The highest BCUT2D eigenvalue weighted by molar-refractivity contribution is 6.30. The van der Waals surface area contributed by atoms with E-state index in [0.717, 1.165) is 30.3 Å². The van der Waals surface area contributed by atoms with Gasteiger partial charge in [0.15, 0.2) is 0 Å². The first kappa shape index (κ1) is 12.6. The average molecular weight is 248 g/mol. The molecule has 0 saturated heterocycles. The maximum absolute atomic E-state index is 5.93. The third-order valence-corrected chi connectivity index (χ3v) is 2.66. The van der Waals surface area contributed by atoms with E-state index in [4.69, 9.17) is 16.3 Å². The zero-order valence-electron chi connectivity index (χ0n) is 8.63. The Kier molecular flexibility index (Phi) is 4.71. The molecule has 0 fully saturated rings. The van der Waals surface area contributed by atoms with E-state index in [1.165, 1.54) is 5.56 Å². The Hall–Kier alpha value is -0.440. The van der Waals surface area contributed by atoms with Crippen molar-refractivity contribution in [3.63, 3.8) is 0 Å². The SMILES string of the molecule is CCNC1COc2ccc(Cl)cc2C1.Cl. The number of rotatable bonds is 2. The fourth-order valence-electron chi connectivity index (χ4n) is 1.78. The van der Waals surface area contributed by atoms with Crippen molar-refractivity contribution < 1.29 is 4.74 Å². The molecule has 1 aromatic carbocycles. The third-order valence-electron chi connectivity index (χ3n) is 2.42. The van der Waals surface area contributed by atoms with Crippen molar-refractivity contribution in [2.45, 2.75) is 19.4 Å². The first-order valence-corrected chi connectivity index (χ1v) is 5.32. The highest BCUT2D eigenvalue weighted by Crippen LogP contribution is 2.27. The summed E-state index contributed by atoms with van der Waals surface area (Å²) in [5, 5.41) is 4.16. The number of halogens is 2. The molecule has 2 rings (SSSR count). The van der Waals surface area contributed by atoms with Crippen LogP contribution in [0.5, 0.6) is 5.75 Å². The van der Waals surface area contributed by atoms with Crippen molar-refractivity contribution in [3.05, 3.63) is 28.8 Å². The molecule has 0 bridgehead atoms. The van der Waals surface area contributed by atoms with Gasteiger partial charge in [0.25, 0.3) is 0 Å². The van der Waals surface area contributed by atoms with Gasteiger partial charge in [0.2, 0.25) is 0 Å². The average Bonchev–Trinajstić information content (AvgIpc) is 2.17. The van der Waals surface area contributed by atoms with Crippen molar-refractivity contribution in [2.24, 2.45) is 0 Å². The molecule has 0 aliphatic carbocycles. The van der Waals surface area contributed by atoms with Crippen LogP contribution in [-0.4, -0.2) is 19.2 Å². The monoisotopic (exact) mass is 247 g/mol. The minimum Gasteiger partial charge on any atom is -0.492 e. The summed E-state index contributed by atoms with van der Waals surface area (Å²) >= 11 is 5.93. The van der Waals surface area contributed by atoms with E-state index >= 15 is 0 Å². The Morgan fingerprint density at radius 1 is 1.53 bits per heavy atom. The van der Waals surface area contributed by atoms with E-state index in [0.29, 0.717) is 6.04 Å². The van der Waals surface area contributed by atoms with Gasteiger partial charge in [-0.15, -0.1) is 12.4 Å². The standard InChI is InChI=1S/C11H14ClNO.ClH/c1-2-13-10-6-8-5-9(12)3-4-11(8)14-7-10;/h3-5,10,13H,2,6-7H2,1H3;1H. The predicted molar refractivity (Wildman–Crippen MR) is 65.4 cm³/mol. The smallest absolute Gasteiger partial charge is 0.122 e. The van der Waals surface area contributed by atoms with Crippen LogP contribution in [0.2, 0.25) is 5.02 Å². The van der Waals surface area contributed by atoms with Crippen LogP contribution in [0.15, 0.2) is 18.2 Å². The van der Waals surface area contributed by atoms with Gasteiger partial charge in [-0.3, -0.25) is 0 Å². The lowest BCUT2D eigenvalue weighted by molar-refractivity contribution is 0.241. The Bertz CT molecular complexity index is 330. The molecule has 1 N–H and O–H groups in total. The zero-order chi connectivity index (χ0) is 9.97. The quantitative estimate of drug-likeness (QED) is 0.868. The molecule has 0 aromatic heterocycles. The van der Waals surface area contributed by atoms with Crippen LogP contribution in [0.1, 0.15) is 12.5 Å². The number of likely N-dealkylation sites (N-methyl/N-ethyl adjacent to an activating group) is 1. The van der Waals surface area contributed by atoms with E-state index in [1.54, 1.807) is 0 Å². The number of fused-ring (bicyclic) bond motifs is 1. The Labute approximate surface area is 101 Å². The third kappa shape index (κ3) is 3.00. The van der Waals surface area contributed by atoms with Crippen molar-refractivity contribution >= 4 is 24.0 Å². The van der Waals surface area contributed by atoms with Crippen molar-refractivity contribution in [3.8, 4) is 5.75 Å². The summed E-state index contributed by atoms with van der Waals surface area (Å²) in [6, 6.07) is 6.22. The Morgan fingerprint density at radius 3 is 3.07 bits per heavy atom. The van der Waals surface area contributed by atoms with Gasteiger partial charge in [-0.2, -0.15) is 0 Å². The highest BCUT2D eigenvalue weighted by atomic mass is 35.5. The summed E-state index contributed by atoms with van der Waals surface area (Å²) in [5.74, 6) is 0.976. The van der Waals surface area contributed by atoms with Crippen LogP contribution in [-0.2, 0) is 6.42 Å². The number of benzene rings is 1. The summed E-state index contributed by atoms with van der Waals surface area (Å²) in [6.45, 7) is 3.83. The number of nitrogens with one attached hydrogen (secondary N) is 1. The molecule has 1 aromatic rings. The largest absolute Gasteiger partial charge is 0.492 e. The van der Waals surface area contributed by atoms with E-state index in [2.05, 4.69) is 12.2 Å². The first-order chi connectivity index (χ1) is 6.79. The van der Waals surface area contributed by atoms with Crippen molar-refractivity contribution in [1.29, 1.82) is 0 Å². The van der Waals surface area contributed by atoms with E-state index in [-0.39, 0.29) is 12.4 Å². The molecule has 1 atom stereocenters. The summed E-state index contributed by atoms with van der Waals surface area (Å²) in [5.41, 5.74) is 1.20. The maximum atomic E-state index is 5.93. The molecule has 15 heavy (non-hydrogen) atoms. The van der Waals surface area contributed by atoms with Gasteiger partial charge in [0.05, 0.1) is 0 Å². The molecular weight excluding hydrogens is 233 g/mol.